The fourth-order valence-electron chi connectivity index (χ4n) is 2.83. The van der Waals surface area contributed by atoms with E-state index in [2.05, 4.69) is 5.32 Å². The molecule has 3 rings (SSSR count). The first kappa shape index (κ1) is 21.7. The number of nitrogens with one attached hydrogen (secondary N) is 1. The van der Waals surface area contributed by atoms with Crippen molar-refractivity contribution in [3.63, 3.8) is 0 Å². The molecule has 0 aliphatic carbocycles. The summed E-state index contributed by atoms with van der Waals surface area (Å²) >= 11 is 24.0. The number of halogens is 4. The average molecular weight is 476 g/mol. The molecular weight excluding hydrogens is 462 g/mol. The van der Waals surface area contributed by atoms with Gasteiger partial charge >= 0.3 is 5.97 Å². The van der Waals surface area contributed by atoms with Gasteiger partial charge in [-0.25, -0.2) is 0 Å². The second-order valence-corrected chi connectivity index (χ2v) is 7.89. The van der Waals surface area contributed by atoms with Gasteiger partial charge in [0.15, 0.2) is 6.61 Å². The van der Waals surface area contributed by atoms with Crippen LogP contribution in [0.2, 0.25) is 20.1 Å². The normalized spacial score (nSPS) is 16.1. The Hall–Kier alpha value is -1.99. The third-order valence-corrected chi connectivity index (χ3v) is 5.60. The fraction of sp³-hybridized carbons (Fsp3) is 0.211. The summed E-state index contributed by atoms with van der Waals surface area (Å²) in [6.07, 6.45) is -0.0522. The van der Waals surface area contributed by atoms with Crippen molar-refractivity contribution in [1.82, 2.24) is 0 Å². The number of benzene rings is 2. The largest absolute Gasteiger partial charge is 0.455 e. The Morgan fingerprint density at radius 2 is 1.86 bits per heavy atom. The molecule has 0 radical (unpaired) electrons. The first-order valence-corrected chi connectivity index (χ1v) is 9.93. The van der Waals surface area contributed by atoms with Crippen molar-refractivity contribution in [2.24, 2.45) is 5.92 Å². The van der Waals surface area contributed by atoms with Crippen molar-refractivity contribution in [2.45, 2.75) is 6.42 Å². The number of rotatable bonds is 5. The van der Waals surface area contributed by atoms with E-state index in [-0.39, 0.29) is 28.9 Å². The van der Waals surface area contributed by atoms with Crippen molar-refractivity contribution < 1.29 is 19.1 Å². The zero-order chi connectivity index (χ0) is 21.1. The zero-order valence-electron chi connectivity index (χ0n) is 14.8. The number of nitrogens with zero attached hydrogens (tertiary/aromatic N) is 1. The monoisotopic (exact) mass is 474 g/mol. The Bertz CT molecular complexity index is 983. The van der Waals surface area contributed by atoms with Crippen LogP contribution >= 0.6 is 46.4 Å². The van der Waals surface area contributed by atoms with E-state index in [1.54, 1.807) is 36.4 Å². The number of hydrogen-bond donors (Lipinski definition) is 1. The molecule has 1 N–H and O–H groups in total. The first-order valence-electron chi connectivity index (χ1n) is 8.42. The molecule has 10 heteroatoms. The van der Waals surface area contributed by atoms with Gasteiger partial charge in [0.2, 0.25) is 5.91 Å². The van der Waals surface area contributed by atoms with E-state index < -0.39 is 24.4 Å². The molecule has 0 bridgehead atoms. The molecule has 0 aromatic heterocycles. The summed E-state index contributed by atoms with van der Waals surface area (Å²) in [7, 11) is 0. The molecule has 0 unspecified atom stereocenters. The van der Waals surface area contributed by atoms with Crippen LogP contribution in [0.4, 0.5) is 11.4 Å². The minimum atomic E-state index is -0.722. The van der Waals surface area contributed by atoms with E-state index in [0.717, 1.165) is 0 Å². The van der Waals surface area contributed by atoms with Crippen LogP contribution in [0.15, 0.2) is 36.4 Å². The fourth-order valence-corrected chi connectivity index (χ4v) is 3.57. The summed E-state index contributed by atoms with van der Waals surface area (Å²) in [5.41, 5.74) is 0.728. The van der Waals surface area contributed by atoms with Crippen molar-refractivity contribution in [3.8, 4) is 0 Å². The van der Waals surface area contributed by atoms with Gasteiger partial charge in [-0.15, -0.1) is 0 Å². The van der Waals surface area contributed by atoms with Crippen LogP contribution in [0, 0.1) is 5.92 Å². The first-order chi connectivity index (χ1) is 13.8. The highest BCUT2D eigenvalue weighted by Crippen LogP contribution is 2.34. The van der Waals surface area contributed by atoms with E-state index in [1.165, 1.54) is 4.90 Å². The lowest BCUT2D eigenvalue weighted by Gasteiger charge is -2.18. The van der Waals surface area contributed by atoms with Crippen LogP contribution in [0.25, 0.3) is 0 Å². The molecule has 152 valence electrons. The summed E-state index contributed by atoms with van der Waals surface area (Å²) in [6, 6.07) is 9.49. The molecule has 0 saturated carbocycles. The minimum absolute atomic E-state index is 0.0522. The molecule has 1 saturated heterocycles. The molecule has 2 aromatic rings. The second kappa shape index (κ2) is 9.22. The maximum absolute atomic E-state index is 12.3. The van der Waals surface area contributed by atoms with Gasteiger partial charge in [-0.1, -0.05) is 52.5 Å². The summed E-state index contributed by atoms with van der Waals surface area (Å²) in [4.78, 5) is 38.0. The van der Waals surface area contributed by atoms with Gasteiger partial charge in [0.1, 0.15) is 0 Å². The third kappa shape index (κ3) is 5.14. The number of carbonyl (C=O) groups is 3. The predicted octanol–water partition coefficient (Wildman–Crippen LogP) is 4.84. The van der Waals surface area contributed by atoms with Crippen LogP contribution in [0.3, 0.4) is 0 Å². The van der Waals surface area contributed by atoms with Crippen molar-refractivity contribution in [2.75, 3.05) is 23.4 Å². The van der Waals surface area contributed by atoms with Gasteiger partial charge in [0, 0.05) is 18.0 Å². The van der Waals surface area contributed by atoms with Gasteiger partial charge in [-0.3, -0.25) is 14.4 Å². The van der Waals surface area contributed by atoms with E-state index >= 15 is 0 Å². The Morgan fingerprint density at radius 1 is 1.10 bits per heavy atom. The maximum atomic E-state index is 12.3. The smallest absolute Gasteiger partial charge is 0.311 e. The van der Waals surface area contributed by atoms with Gasteiger partial charge in [0.05, 0.1) is 32.4 Å². The summed E-state index contributed by atoms with van der Waals surface area (Å²) in [5.74, 6) is -2.25. The number of amides is 2. The zero-order valence-corrected chi connectivity index (χ0v) is 17.8. The second-order valence-electron chi connectivity index (χ2n) is 6.26. The van der Waals surface area contributed by atoms with E-state index in [0.29, 0.717) is 21.4 Å². The predicted molar refractivity (Wildman–Crippen MR) is 113 cm³/mol. The van der Waals surface area contributed by atoms with Crippen LogP contribution in [-0.2, 0) is 19.1 Å². The Kier molecular flexibility index (Phi) is 6.90. The van der Waals surface area contributed by atoms with Gasteiger partial charge < -0.3 is 15.0 Å². The van der Waals surface area contributed by atoms with Crippen LogP contribution in [0.1, 0.15) is 6.42 Å². The molecule has 1 fully saturated rings. The van der Waals surface area contributed by atoms with Gasteiger partial charge in [0.25, 0.3) is 5.91 Å². The highest BCUT2D eigenvalue weighted by Gasteiger charge is 2.37. The molecule has 1 heterocycles. The molecule has 0 spiro atoms. The van der Waals surface area contributed by atoms with E-state index in [9.17, 15) is 14.4 Å². The van der Waals surface area contributed by atoms with Crippen molar-refractivity contribution >= 4 is 75.6 Å². The summed E-state index contributed by atoms with van der Waals surface area (Å²) in [6.45, 7) is -0.441. The Morgan fingerprint density at radius 3 is 2.62 bits per heavy atom. The maximum Gasteiger partial charge on any atom is 0.311 e. The lowest BCUT2D eigenvalue weighted by atomic mass is 10.1. The standard InChI is InChI=1S/C19H14Cl4N2O4/c20-11-4-5-12(21)15(7-11)25-8-10(6-17(25)27)19(28)29-9-16(26)24-14-3-1-2-13(22)18(14)23/h1-5,7,10H,6,8-9H2,(H,24,26)/t10-/m0/s1. The summed E-state index contributed by atoms with van der Waals surface area (Å²) in [5, 5.41) is 3.74. The molecular formula is C19H14Cl4N2O4. The van der Waals surface area contributed by atoms with Crippen molar-refractivity contribution in [3.05, 3.63) is 56.5 Å². The van der Waals surface area contributed by atoms with E-state index in [1.807, 2.05) is 0 Å². The SMILES string of the molecule is O=C(COC(=O)[C@H]1CC(=O)N(c2cc(Cl)ccc2Cl)C1)Nc1cccc(Cl)c1Cl. The number of anilines is 2. The minimum Gasteiger partial charge on any atom is -0.455 e. The van der Waals surface area contributed by atoms with Gasteiger partial charge in [-0.2, -0.15) is 0 Å². The quantitative estimate of drug-likeness (QED) is 0.628. The van der Waals surface area contributed by atoms with E-state index in [4.69, 9.17) is 51.1 Å². The molecule has 29 heavy (non-hydrogen) atoms. The Balaban J connectivity index is 1.57. The molecule has 1 atom stereocenters. The Labute approximate surface area is 186 Å². The highest BCUT2D eigenvalue weighted by molar-refractivity contribution is 6.44. The molecule has 2 amide bonds. The number of hydrogen-bond acceptors (Lipinski definition) is 4. The van der Waals surface area contributed by atoms with Crippen molar-refractivity contribution in [1.29, 1.82) is 0 Å². The van der Waals surface area contributed by atoms with Crippen LogP contribution in [0.5, 0.6) is 0 Å². The summed E-state index contributed by atoms with van der Waals surface area (Å²) < 4.78 is 5.05. The highest BCUT2D eigenvalue weighted by atomic mass is 35.5. The lowest BCUT2D eigenvalue weighted by molar-refractivity contribution is -0.151. The van der Waals surface area contributed by atoms with Gasteiger partial charge in [-0.05, 0) is 30.3 Å². The molecule has 1 aliphatic heterocycles. The number of carbonyl (C=O) groups excluding carboxylic acids is 3. The number of esters is 1. The number of ether oxygens (including phenoxy) is 1. The molecule has 1 aliphatic rings. The molecule has 2 aromatic carbocycles. The van der Waals surface area contributed by atoms with Crippen LogP contribution < -0.4 is 10.2 Å². The third-order valence-electron chi connectivity index (χ3n) is 4.23. The molecule has 6 nitrogen and oxygen atoms in total. The van der Waals surface area contributed by atoms with Crippen LogP contribution in [-0.4, -0.2) is 30.9 Å². The average Bonchev–Trinajstić information content (AvgIpc) is 3.07. The lowest BCUT2D eigenvalue weighted by Crippen LogP contribution is -2.28. The topological polar surface area (TPSA) is 75.7 Å².